The van der Waals surface area contributed by atoms with E-state index in [9.17, 15) is 14.4 Å². The quantitative estimate of drug-likeness (QED) is 0.491. The molecule has 28 heavy (non-hydrogen) atoms. The van der Waals surface area contributed by atoms with Gasteiger partial charge in [-0.1, -0.05) is 54.0 Å². The van der Waals surface area contributed by atoms with Gasteiger partial charge >= 0.3 is 5.97 Å². The van der Waals surface area contributed by atoms with Crippen LogP contribution in [0.1, 0.15) is 42.1 Å². The molecule has 0 radical (unpaired) electrons. The van der Waals surface area contributed by atoms with Crippen LogP contribution in [0.15, 0.2) is 53.0 Å². The van der Waals surface area contributed by atoms with Crippen LogP contribution in [0, 0.1) is 5.92 Å². The fraction of sp³-hybridized carbons (Fsp3) is 0.318. The summed E-state index contributed by atoms with van der Waals surface area (Å²) in [6.45, 7) is 4.16. The van der Waals surface area contributed by atoms with Gasteiger partial charge in [-0.05, 0) is 35.7 Å². The Morgan fingerprint density at radius 1 is 1.11 bits per heavy atom. The van der Waals surface area contributed by atoms with Crippen LogP contribution in [-0.2, 0) is 14.3 Å². The summed E-state index contributed by atoms with van der Waals surface area (Å²) in [7, 11) is 0. The lowest BCUT2D eigenvalue weighted by molar-refractivity contribution is -0.147. The number of carbonyl (C=O) groups is 3. The van der Waals surface area contributed by atoms with Gasteiger partial charge in [-0.25, -0.2) is 0 Å². The number of ether oxygens (including phenoxy) is 1. The second-order valence-electron chi connectivity index (χ2n) is 7.19. The topological polar surface area (TPSA) is 63.7 Å². The summed E-state index contributed by atoms with van der Waals surface area (Å²) < 4.78 is 6.04. The van der Waals surface area contributed by atoms with E-state index in [2.05, 4.69) is 29.8 Å². The predicted octanol–water partition coefficient (Wildman–Crippen LogP) is 4.35. The maximum atomic E-state index is 12.3. The van der Waals surface area contributed by atoms with Crippen molar-refractivity contribution in [3.8, 4) is 0 Å². The van der Waals surface area contributed by atoms with E-state index in [4.69, 9.17) is 4.74 Å². The fourth-order valence-corrected chi connectivity index (χ4v) is 3.39. The van der Waals surface area contributed by atoms with Gasteiger partial charge in [0.1, 0.15) is 0 Å². The lowest BCUT2D eigenvalue weighted by Gasteiger charge is -2.17. The Hall–Kier alpha value is -2.47. The zero-order valence-corrected chi connectivity index (χ0v) is 17.4. The minimum absolute atomic E-state index is 0.0945. The molecule has 1 atom stereocenters. The summed E-state index contributed by atoms with van der Waals surface area (Å²) in [6.07, 6.45) is 0.0945. The van der Waals surface area contributed by atoms with Crippen molar-refractivity contribution in [3.63, 3.8) is 0 Å². The zero-order valence-electron chi connectivity index (χ0n) is 15.9. The van der Waals surface area contributed by atoms with Gasteiger partial charge in [-0.3, -0.25) is 14.4 Å². The van der Waals surface area contributed by atoms with Gasteiger partial charge in [-0.2, -0.15) is 0 Å². The highest BCUT2D eigenvalue weighted by Gasteiger charge is 2.36. The van der Waals surface area contributed by atoms with Gasteiger partial charge in [0.25, 0.3) is 0 Å². The van der Waals surface area contributed by atoms with E-state index in [1.807, 2.05) is 24.3 Å². The highest BCUT2D eigenvalue weighted by atomic mass is 79.9. The van der Waals surface area contributed by atoms with E-state index in [0.717, 1.165) is 10.2 Å². The third-order valence-electron chi connectivity index (χ3n) is 4.84. The molecule has 2 aromatic carbocycles. The number of ketones is 1. The van der Waals surface area contributed by atoms with E-state index in [1.54, 1.807) is 29.2 Å². The number of Topliss-reactive ketones (excluding diaryl/α,β-unsaturated/α-hetero) is 1. The molecule has 0 unspecified atom stereocenters. The molecule has 5 nitrogen and oxygen atoms in total. The Morgan fingerprint density at radius 2 is 1.75 bits per heavy atom. The second kappa shape index (κ2) is 8.69. The molecule has 0 aromatic heterocycles. The summed E-state index contributed by atoms with van der Waals surface area (Å²) in [5.74, 6) is -1.05. The standard InChI is InChI=1S/C22H22BrNO4/c1-14(2)15-5-9-19(10-6-15)24-12-17(11-21(24)26)22(27)28-13-20(25)16-3-7-18(23)8-4-16/h3-10,14,17H,11-13H2,1-2H3/t17-/m0/s1. The Morgan fingerprint density at radius 3 is 2.36 bits per heavy atom. The number of hydrogen-bond donors (Lipinski definition) is 0. The van der Waals surface area contributed by atoms with Crippen molar-refractivity contribution in [1.29, 1.82) is 0 Å². The average Bonchev–Trinajstić information content (AvgIpc) is 3.08. The van der Waals surface area contributed by atoms with Crippen LogP contribution in [-0.4, -0.2) is 30.8 Å². The Balaban J connectivity index is 1.57. The molecule has 0 bridgehead atoms. The molecule has 3 rings (SSSR count). The first-order chi connectivity index (χ1) is 13.3. The van der Waals surface area contributed by atoms with Crippen LogP contribution in [0.3, 0.4) is 0 Å². The number of esters is 1. The summed E-state index contributed by atoms with van der Waals surface area (Å²) in [6, 6.07) is 14.6. The Bertz CT molecular complexity index is 874. The maximum absolute atomic E-state index is 12.3. The lowest BCUT2D eigenvalue weighted by atomic mass is 10.0. The van der Waals surface area contributed by atoms with Crippen LogP contribution in [0.2, 0.25) is 0 Å². The lowest BCUT2D eigenvalue weighted by Crippen LogP contribution is -2.27. The van der Waals surface area contributed by atoms with Gasteiger partial charge in [0.2, 0.25) is 5.91 Å². The van der Waals surface area contributed by atoms with Crippen molar-refractivity contribution in [1.82, 2.24) is 0 Å². The molecule has 1 heterocycles. The van der Waals surface area contributed by atoms with Crippen molar-refractivity contribution in [3.05, 3.63) is 64.1 Å². The maximum Gasteiger partial charge on any atom is 0.311 e. The van der Waals surface area contributed by atoms with Crippen LogP contribution in [0.4, 0.5) is 5.69 Å². The summed E-state index contributed by atoms with van der Waals surface area (Å²) in [4.78, 5) is 38.4. The first kappa shape index (κ1) is 20.3. The van der Waals surface area contributed by atoms with Gasteiger partial charge in [0.15, 0.2) is 12.4 Å². The second-order valence-corrected chi connectivity index (χ2v) is 8.11. The SMILES string of the molecule is CC(C)c1ccc(N2C[C@@H](C(=O)OCC(=O)c3ccc(Br)cc3)CC2=O)cc1. The highest BCUT2D eigenvalue weighted by Crippen LogP contribution is 2.27. The number of amides is 1. The number of benzene rings is 2. The molecule has 2 aromatic rings. The van der Waals surface area contributed by atoms with Crippen LogP contribution in [0.25, 0.3) is 0 Å². The third kappa shape index (κ3) is 4.68. The van der Waals surface area contributed by atoms with Gasteiger partial charge in [0, 0.05) is 28.7 Å². The molecule has 146 valence electrons. The van der Waals surface area contributed by atoms with E-state index in [-0.39, 0.29) is 31.3 Å². The molecule has 6 heteroatoms. The number of hydrogen-bond acceptors (Lipinski definition) is 4. The summed E-state index contributed by atoms with van der Waals surface area (Å²) >= 11 is 3.31. The van der Waals surface area contributed by atoms with Crippen molar-refractivity contribution in [2.24, 2.45) is 5.92 Å². The van der Waals surface area contributed by atoms with Crippen LogP contribution in [0.5, 0.6) is 0 Å². The Labute approximate surface area is 172 Å². The van der Waals surface area contributed by atoms with Crippen molar-refractivity contribution in [2.45, 2.75) is 26.2 Å². The fourth-order valence-electron chi connectivity index (χ4n) is 3.13. The van der Waals surface area contributed by atoms with Crippen molar-refractivity contribution >= 4 is 39.3 Å². The number of nitrogens with zero attached hydrogens (tertiary/aromatic N) is 1. The van der Waals surface area contributed by atoms with E-state index in [1.165, 1.54) is 5.56 Å². The minimum Gasteiger partial charge on any atom is -0.457 e. The smallest absolute Gasteiger partial charge is 0.311 e. The molecule has 1 amide bonds. The molecule has 1 fully saturated rings. The monoisotopic (exact) mass is 443 g/mol. The first-order valence-corrected chi connectivity index (χ1v) is 10.00. The van der Waals surface area contributed by atoms with Crippen LogP contribution >= 0.6 is 15.9 Å². The molecular formula is C22H22BrNO4. The van der Waals surface area contributed by atoms with E-state index >= 15 is 0 Å². The summed E-state index contributed by atoms with van der Waals surface area (Å²) in [5.41, 5.74) is 2.44. The van der Waals surface area contributed by atoms with Crippen LogP contribution < -0.4 is 4.90 Å². The molecular weight excluding hydrogens is 422 g/mol. The van der Waals surface area contributed by atoms with E-state index in [0.29, 0.717) is 11.5 Å². The first-order valence-electron chi connectivity index (χ1n) is 9.21. The van der Waals surface area contributed by atoms with Gasteiger partial charge in [0.05, 0.1) is 5.92 Å². The highest BCUT2D eigenvalue weighted by molar-refractivity contribution is 9.10. The van der Waals surface area contributed by atoms with E-state index < -0.39 is 11.9 Å². The van der Waals surface area contributed by atoms with Gasteiger partial charge in [-0.15, -0.1) is 0 Å². The summed E-state index contributed by atoms with van der Waals surface area (Å²) in [5, 5.41) is 0. The molecule has 0 aliphatic carbocycles. The zero-order chi connectivity index (χ0) is 20.3. The number of rotatable bonds is 6. The normalized spacial score (nSPS) is 16.5. The molecule has 1 saturated heterocycles. The molecule has 0 spiro atoms. The largest absolute Gasteiger partial charge is 0.457 e. The predicted molar refractivity (Wildman–Crippen MR) is 110 cm³/mol. The van der Waals surface area contributed by atoms with Crippen molar-refractivity contribution < 1.29 is 19.1 Å². The molecule has 1 aliphatic heterocycles. The molecule has 0 saturated carbocycles. The number of halogens is 1. The number of carbonyl (C=O) groups excluding carboxylic acids is 3. The molecule has 1 aliphatic rings. The number of anilines is 1. The molecule has 0 N–H and O–H groups in total. The van der Waals surface area contributed by atoms with Crippen molar-refractivity contribution in [2.75, 3.05) is 18.1 Å². The van der Waals surface area contributed by atoms with Gasteiger partial charge < -0.3 is 9.64 Å². The minimum atomic E-state index is -0.560. The third-order valence-corrected chi connectivity index (χ3v) is 5.37. The Kier molecular flexibility index (Phi) is 6.29. The average molecular weight is 444 g/mol.